The van der Waals surface area contributed by atoms with Crippen LogP contribution in [0.25, 0.3) is 16.3 Å². The molecule has 206 valence electrons. The lowest BCUT2D eigenvalue weighted by atomic mass is 10.0. The van der Waals surface area contributed by atoms with Crippen molar-refractivity contribution in [3.63, 3.8) is 0 Å². The quantitative estimate of drug-likeness (QED) is 0.461. The molecular weight excluding hydrogens is 540 g/mol. The average molecular weight is 570 g/mol. The van der Waals surface area contributed by atoms with E-state index in [2.05, 4.69) is 19.9 Å². The summed E-state index contributed by atoms with van der Waals surface area (Å²) in [5.41, 5.74) is 0.458. The maximum absolute atomic E-state index is 13.5. The third-order valence-corrected chi connectivity index (χ3v) is 9.22. The number of nitrogens with zero attached hydrogens (tertiary/aromatic N) is 6. The molecule has 2 fully saturated rings. The number of anilines is 1. The van der Waals surface area contributed by atoms with Crippen molar-refractivity contribution in [3.8, 4) is 10.8 Å². The topological polar surface area (TPSA) is 122 Å². The van der Waals surface area contributed by atoms with Gasteiger partial charge in [0.25, 0.3) is 6.43 Å². The zero-order valence-corrected chi connectivity index (χ0v) is 23.0. The summed E-state index contributed by atoms with van der Waals surface area (Å²) in [6.07, 6.45) is 0.201. The number of piperazine rings is 1. The summed E-state index contributed by atoms with van der Waals surface area (Å²) in [4.78, 5) is 20.9. The van der Waals surface area contributed by atoms with E-state index in [4.69, 9.17) is 4.74 Å². The van der Waals surface area contributed by atoms with E-state index in [1.807, 2.05) is 30.6 Å². The van der Waals surface area contributed by atoms with Gasteiger partial charge in [0, 0.05) is 37.8 Å². The number of carbonyl (C=O) groups excluding carboxylic acids is 1. The summed E-state index contributed by atoms with van der Waals surface area (Å²) in [5, 5.41) is 7.12. The molecule has 5 rings (SSSR count). The lowest BCUT2D eigenvalue weighted by Gasteiger charge is -2.42. The number of ether oxygens (including phenoxy) is 1. The van der Waals surface area contributed by atoms with Crippen LogP contribution in [0.2, 0.25) is 0 Å². The first-order valence-electron chi connectivity index (χ1n) is 12.2. The second-order valence-corrected chi connectivity index (χ2v) is 13.0. The first kappa shape index (κ1) is 26.8. The molecule has 0 spiro atoms. The van der Waals surface area contributed by atoms with Crippen molar-refractivity contribution in [2.75, 3.05) is 37.7 Å². The predicted molar refractivity (Wildman–Crippen MR) is 137 cm³/mol. The molecule has 5 heterocycles. The molecule has 0 aliphatic carbocycles. The SMILES string of the molecule is CC(C)C(=O)N1CCN(c2cc(S(=O)(=O)NC3(C)COC3)cn3c(-c4nnc(C(F)F)s4)ncc23)C[C@H]1C. The number of halogens is 2. The second-order valence-electron chi connectivity index (χ2n) is 10.3. The highest BCUT2D eigenvalue weighted by Gasteiger charge is 2.38. The highest BCUT2D eigenvalue weighted by atomic mass is 32.2. The van der Waals surface area contributed by atoms with Crippen molar-refractivity contribution >= 4 is 38.5 Å². The summed E-state index contributed by atoms with van der Waals surface area (Å²) in [6, 6.07) is 1.48. The van der Waals surface area contributed by atoms with Crippen LogP contribution in [-0.2, 0) is 19.6 Å². The Morgan fingerprint density at radius 2 is 2.00 bits per heavy atom. The van der Waals surface area contributed by atoms with Gasteiger partial charge in [-0.25, -0.2) is 26.9 Å². The Bertz CT molecular complexity index is 1470. The van der Waals surface area contributed by atoms with Gasteiger partial charge in [0.15, 0.2) is 15.8 Å². The molecule has 3 aromatic rings. The summed E-state index contributed by atoms with van der Waals surface area (Å²) >= 11 is 0.703. The number of carbonyl (C=O) groups is 1. The van der Waals surface area contributed by atoms with Gasteiger partial charge in [-0.1, -0.05) is 25.2 Å². The van der Waals surface area contributed by atoms with Crippen LogP contribution in [-0.4, -0.2) is 83.2 Å². The van der Waals surface area contributed by atoms with Gasteiger partial charge in [0.05, 0.1) is 36.2 Å². The Balaban J connectivity index is 1.59. The van der Waals surface area contributed by atoms with Crippen LogP contribution in [0.5, 0.6) is 0 Å². The Morgan fingerprint density at radius 1 is 1.26 bits per heavy atom. The van der Waals surface area contributed by atoms with Crippen LogP contribution in [0.1, 0.15) is 39.1 Å². The fraction of sp³-hybridized carbons (Fsp3) is 0.565. The molecule has 2 aliphatic rings. The number of nitrogens with one attached hydrogen (secondary N) is 1. The Kier molecular flexibility index (Phi) is 6.90. The number of sulfonamides is 1. The van der Waals surface area contributed by atoms with Crippen LogP contribution < -0.4 is 9.62 Å². The van der Waals surface area contributed by atoms with Gasteiger partial charge in [0.2, 0.25) is 15.9 Å². The summed E-state index contributed by atoms with van der Waals surface area (Å²) in [6.45, 7) is 9.38. The first-order chi connectivity index (χ1) is 17.9. The molecule has 3 aromatic heterocycles. The number of imidazole rings is 1. The normalized spacial score (nSPS) is 19.9. The predicted octanol–water partition coefficient (Wildman–Crippen LogP) is 2.55. The number of pyridine rings is 1. The largest absolute Gasteiger partial charge is 0.377 e. The van der Waals surface area contributed by atoms with Crippen LogP contribution in [0.15, 0.2) is 23.4 Å². The van der Waals surface area contributed by atoms with E-state index in [0.717, 1.165) is 0 Å². The molecule has 1 N–H and O–H groups in total. The molecule has 0 saturated carbocycles. The average Bonchev–Trinajstić information content (AvgIpc) is 3.49. The summed E-state index contributed by atoms with van der Waals surface area (Å²) in [7, 11) is -3.99. The highest BCUT2D eigenvalue weighted by molar-refractivity contribution is 7.89. The molecule has 15 heteroatoms. The zero-order chi connectivity index (χ0) is 27.4. The number of amides is 1. The molecule has 2 saturated heterocycles. The number of aromatic nitrogens is 4. The molecule has 0 aromatic carbocycles. The zero-order valence-electron chi connectivity index (χ0n) is 21.4. The molecular formula is C23H29F2N7O4S2. The van der Waals surface area contributed by atoms with Crippen molar-refractivity contribution < 1.29 is 26.7 Å². The molecule has 1 amide bonds. The standard InChI is InChI=1S/C23H29F2N7O4S2/c1-13(2)22(33)31-6-5-30(9-14(31)3)16-7-15(38(34,35)29-23(4)11-36-12-23)10-32-17(16)8-26-19(32)21-28-27-20(37-21)18(24)25/h7-8,10,13-14,18,29H,5-6,9,11-12H2,1-4H3/t14-/m1/s1. The van der Waals surface area contributed by atoms with E-state index >= 15 is 0 Å². The molecule has 11 nitrogen and oxygen atoms in total. The molecule has 0 bridgehead atoms. The van der Waals surface area contributed by atoms with E-state index in [1.54, 1.807) is 23.6 Å². The third kappa shape index (κ3) is 4.87. The first-order valence-corrected chi connectivity index (χ1v) is 14.5. The van der Waals surface area contributed by atoms with Gasteiger partial charge >= 0.3 is 0 Å². The van der Waals surface area contributed by atoms with E-state index in [0.29, 0.717) is 42.2 Å². The van der Waals surface area contributed by atoms with Crippen LogP contribution in [0, 0.1) is 5.92 Å². The van der Waals surface area contributed by atoms with Gasteiger partial charge in [0.1, 0.15) is 4.90 Å². The minimum atomic E-state index is -3.99. The monoisotopic (exact) mass is 569 g/mol. The fourth-order valence-electron chi connectivity index (χ4n) is 4.71. The fourth-order valence-corrected chi connectivity index (χ4v) is 6.80. The number of alkyl halides is 2. The van der Waals surface area contributed by atoms with Crippen LogP contribution in [0.4, 0.5) is 14.5 Å². The maximum atomic E-state index is 13.5. The minimum Gasteiger partial charge on any atom is -0.377 e. The molecule has 2 aliphatic heterocycles. The number of fused-ring (bicyclic) bond motifs is 1. The van der Waals surface area contributed by atoms with Gasteiger partial charge in [-0.15, -0.1) is 10.2 Å². The lowest BCUT2D eigenvalue weighted by Crippen LogP contribution is -2.59. The minimum absolute atomic E-state index is 0.0145. The van der Waals surface area contributed by atoms with Crippen molar-refractivity contribution in [3.05, 3.63) is 23.5 Å². The van der Waals surface area contributed by atoms with Gasteiger partial charge < -0.3 is 14.5 Å². The number of hydrogen-bond donors (Lipinski definition) is 1. The van der Waals surface area contributed by atoms with E-state index in [-0.39, 0.29) is 46.8 Å². The third-order valence-electron chi connectivity index (χ3n) is 6.69. The smallest absolute Gasteiger partial charge is 0.291 e. The Morgan fingerprint density at radius 3 is 2.58 bits per heavy atom. The van der Waals surface area contributed by atoms with Crippen molar-refractivity contribution in [2.45, 2.75) is 50.6 Å². The Labute approximate surface area is 222 Å². The van der Waals surface area contributed by atoms with E-state index < -0.39 is 27.0 Å². The van der Waals surface area contributed by atoms with Crippen molar-refractivity contribution in [1.29, 1.82) is 0 Å². The highest BCUT2D eigenvalue weighted by Crippen LogP contribution is 2.34. The Hall–Kier alpha value is -2.75. The number of hydrogen-bond acceptors (Lipinski definition) is 9. The molecule has 38 heavy (non-hydrogen) atoms. The number of rotatable bonds is 7. The van der Waals surface area contributed by atoms with Gasteiger partial charge in [-0.05, 0) is 19.9 Å². The summed E-state index contributed by atoms with van der Waals surface area (Å²) < 4.78 is 62.8. The van der Waals surface area contributed by atoms with Crippen LogP contribution in [0.3, 0.4) is 0 Å². The van der Waals surface area contributed by atoms with E-state index in [1.165, 1.54) is 6.20 Å². The molecule has 1 atom stereocenters. The van der Waals surface area contributed by atoms with E-state index in [9.17, 15) is 22.0 Å². The van der Waals surface area contributed by atoms with Gasteiger partial charge in [-0.2, -0.15) is 0 Å². The molecule has 0 radical (unpaired) electrons. The summed E-state index contributed by atoms with van der Waals surface area (Å²) in [5.74, 6) is 0.147. The molecule has 0 unspecified atom stereocenters. The van der Waals surface area contributed by atoms with Crippen molar-refractivity contribution in [2.24, 2.45) is 5.92 Å². The lowest BCUT2D eigenvalue weighted by molar-refractivity contribution is -0.136. The van der Waals surface area contributed by atoms with Crippen LogP contribution >= 0.6 is 11.3 Å². The van der Waals surface area contributed by atoms with Gasteiger partial charge in [-0.3, -0.25) is 9.20 Å². The van der Waals surface area contributed by atoms with Crippen molar-refractivity contribution in [1.82, 2.24) is 29.2 Å². The second kappa shape index (κ2) is 9.77. The maximum Gasteiger partial charge on any atom is 0.291 e.